The summed E-state index contributed by atoms with van der Waals surface area (Å²) in [6.07, 6.45) is -3.68. The van der Waals surface area contributed by atoms with Gasteiger partial charge < -0.3 is 9.68 Å². The number of carbonyl (C=O) groups excluding carboxylic acids is 6. The molecule has 2 aliphatic heterocycles. The molecular weight excluding hydrogens is 460 g/mol. The Bertz CT molecular complexity index is 961. The normalized spacial score (nSPS) is 22.6. The number of rotatable bonds is 7. The van der Waals surface area contributed by atoms with Crippen LogP contribution in [0, 0.1) is 0 Å². The number of imide groups is 2. The molecule has 18 heteroatoms. The summed E-state index contributed by atoms with van der Waals surface area (Å²) in [6, 6.07) is 0. The van der Waals surface area contributed by atoms with Crippen LogP contribution in [0.5, 0.6) is 0 Å². The van der Waals surface area contributed by atoms with Gasteiger partial charge in [0.1, 0.15) is 0 Å². The lowest BCUT2D eigenvalue weighted by atomic mass is 10.3. The third-order valence-electron chi connectivity index (χ3n) is 3.76. The van der Waals surface area contributed by atoms with Crippen LogP contribution in [0.4, 0.5) is 0 Å². The van der Waals surface area contributed by atoms with Crippen molar-refractivity contribution in [2.45, 2.75) is 36.2 Å². The van der Waals surface area contributed by atoms with Crippen LogP contribution in [0.1, 0.15) is 25.7 Å². The Morgan fingerprint density at radius 1 is 0.767 bits per heavy atom. The summed E-state index contributed by atoms with van der Waals surface area (Å²) in [7, 11) is -9.85. The van der Waals surface area contributed by atoms with E-state index in [1.165, 1.54) is 0 Å². The third-order valence-corrected chi connectivity index (χ3v) is 5.94. The summed E-state index contributed by atoms with van der Waals surface area (Å²) in [4.78, 5) is 78.5. The standard InChI is InChI=1S/C12H12N2O14S2/c15-7-3-5(29(21,22)23)11(19)13(7)27-9(17)1-2-10(18)28-14-8(16)4-6(12(14)20)30(24,25)26/h5-6H,1-4H2,(H,21,22,23)(H,24,25,26)/t5-,6-/m0/s1. The van der Waals surface area contributed by atoms with Crippen LogP contribution >= 0.6 is 0 Å². The third kappa shape index (κ3) is 4.96. The van der Waals surface area contributed by atoms with Gasteiger partial charge in [0.2, 0.25) is 0 Å². The van der Waals surface area contributed by atoms with E-state index in [1.807, 2.05) is 0 Å². The first-order chi connectivity index (χ1) is 13.6. The summed E-state index contributed by atoms with van der Waals surface area (Å²) in [5.74, 6) is -8.32. The van der Waals surface area contributed by atoms with Crippen LogP contribution in [-0.4, -0.2) is 82.1 Å². The molecule has 2 fully saturated rings. The Labute approximate surface area is 167 Å². The zero-order chi connectivity index (χ0) is 23.0. The highest BCUT2D eigenvalue weighted by Gasteiger charge is 2.49. The SMILES string of the molecule is O=C(CCC(=O)ON1C(=O)C[C@H](S(=O)(=O)O)C1=O)ON1C(=O)C[C@H](S(=O)(=O)O)C1=O. The molecule has 16 nitrogen and oxygen atoms in total. The van der Waals surface area contributed by atoms with Crippen LogP contribution in [0.3, 0.4) is 0 Å². The highest BCUT2D eigenvalue weighted by molar-refractivity contribution is 7.87. The minimum atomic E-state index is -4.93. The second-order valence-electron chi connectivity index (χ2n) is 5.89. The van der Waals surface area contributed by atoms with Crippen molar-refractivity contribution in [2.24, 2.45) is 0 Å². The number of amides is 4. The van der Waals surface area contributed by atoms with Crippen molar-refractivity contribution in [1.29, 1.82) is 0 Å². The minimum absolute atomic E-state index is 0.198. The molecule has 0 aliphatic carbocycles. The number of hydroxylamine groups is 4. The van der Waals surface area contributed by atoms with Crippen LogP contribution in [-0.2, 0) is 58.7 Å². The summed E-state index contributed by atoms with van der Waals surface area (Å²) in [5.41, 5.74) is 0. The van der Waals surface area contributed by atoms with Gasteiger partial charge in [-0.1, -0.05) is 0 Å². The van der Waals surface area contributed by atoms with E-state index in [-0.39, 0.29) is 10.1 Å². The van der Waals surface area contributed by atoms with Gasteiger partial charge in [0.25, 0.3) is 43.9 Å². The maximum absolute atomic E-state index is 11.7. The number of carbonyl (C=O) groups is 6. The first kappa shape index (κ1) is 23.3. The molecule has 0 unspecified atom stereocenters. The highest BCUT2D eigenvalue weighted by atomic mass is 32.2. The van der Waals surface area contributed by atoms with Gasteiger partial charge in [0.15, 0.2) is 10.5 Å². The molecule has 0 saturated carbocycles. The summed E-state index contributed by atoms with van der Waals surface area (Å²) in [6.45, 7) is 0. The largest absolute Gasteiger partial charge is 0.333 e. The second kappa shape index (κ2) is 8.05. The van der Waals surface area contributed by atoms with Crippen molar-refractivity contribution in [3.05, 3.63) is 0 Å². The molecule has 0 spiro atoms. The molecule has 166 valence electrons. The van der Waals surface area contributed by atoms with Gasteiger partial charge in [-0.05, 0) is 0 Å². The van der Waals surface area contributed by atoms with Gasteiger partial charge >= 0.3 is 11.9 Å². The molecule has 0 aromatic carbocycles. The molecule has 0 aromatic rings. The summed E-state index contributed by atoms with van der Waals surface area (Å²) < 4.78 is 61.6. The maximum Gasteiger partial charge on any atom is 0.333 e. The van der Waals surface area contributed by atoms with E-state index in [1.54, 1.807) is 0 Å². The second-order valence-corrected chi connectivity index (χ2v) is 9.09. The van der Waals surface area contributed by atoms with Gasteiger partial charge in [-0.2, -0.15) is 16.8 Å². The molecule has 2 N–H and O–H groups in total. The van der Waals surface area contributed by atoms with E-state index in [0.29, 0.717) is 0 Å². The molecule has 0 aromatic heterocycles. The molecule has 2 atom stereocenters. The van der Waals surface area contributed by atoms with E-state index in [4.69, 9.17) is 9.11 Å². The molecular formula is C12H12N2O14S2. The molecule has 2 rings (SSSR count). The van der Waals surface area contributed by atoms with Crippen LogP contribution in [0.25, 0.3) is 0 Å². The lowest BCUT2D eigenvalue weighted by molar-refractivity contribution is -0.201. The average Bonchev–Trinajstić information content (AvgIpc) is 3.04. The van der Waals surface area contributed by atoms with Crippen molar-refractivity contribution in [3.8, 4) is 0 Å². The van der Waals surface area contributed by atoms with E-state index < -0.39 is 92.0 Å². The lowest BCUT2D eigenvalue weighted by Gasteiger charge is -2.14. The predicted molar refractivity (Wildman–Crippen MR) is 85.0 cm³/mol. The Kier molecular flexibility index (Phi) is 6.26. The zero-order valence-electron chi connectivity index (χ0n) is 14.5. The van der Waals surface area contributed by atoms with Gasteiger partial charge in [-0.25, -0.2) is 9.59 Å². The zero-order valence-corrected chi connectivity index (χ0v) is 16.1. The summed E-state index contributed by atoms with van der Waals surface area (Å²) >= 11 is 0. The van der Waals surface area contributed by atoms with E-state index in [2.05, 4.69) is 9.68 Å². The first-order valence-electron chi connectivity index (χ1n) is 7.70. The monoisotopic (exact) mass is 472 g/mol. The molecule has 2 aliphatic rings. The van der Waals surface area contributed by atoms with Gasteiger partial charge in [-0.3, -0.25) is 28.3 Å². The van der Waals surface area contributed by atoms with Gasteiger partial charge in [0, 0.05) is 0 Å². The fourth-order valence-electron chi connectivity index (χ4n) is 2.32. The Hall–Kier alpha value is -2.96. The quantitative estimate of drug-likeness (QED) is 0.273. The fraction of sp³-hybridized carbons (Fsp3) is 0.500. The van der Waals surface area contributed by atoms with Crippen LogP contribution < -0.4 is 0 Å². The van der Waals surface area contributed by atoms with Crippen LogP contribution in [0.2, 0.25) is 0 Å². The fourth-order valence-corrected chi connectivity index (χ4v) is 3.73. The maximum atomic E-state index is 11.7. The highest BCUT2D eigenvalue weighted by Crippen LogP contribution is 2.21. The average molecular weight is 472 g/mol. The Morgan fingerprint density at radius 2 is 1.07 bits per heavy atom. The van der Waals surface area contributed by atoms with Crippen molar-refractivity contribution in [2.75, 3.05) is 0 Å². The smallest absolute Gasteiger partial charge is 0.330 e. The summed E-state index contributed by atoms with van der Waals surface area (Å²) in [5, 5.41) is -4.69. The van der Waals surface area contributed by atoms with E-state index in [9.17, 15) is 45.6 Å². The van der Waals surface area contributed by atoms with Crippen LogP contribution in [0.15, 0.2) is 0 Å². The molecule has 0 bridgehead atoms. The molecule has 4 amide bonds. The minimum Gasteiger partial charge on any atom is -0.330 e. The molecule has 0 radical (unpaired) electrons. The van der Waals surface area contributed by atoms with Gasteiger partial charge in [0.05, 0.1) is 25.7 Å². The van der Waals surface area contributed by atoms with Gasteiger partial charge in [-0.15, -0.1) is 10.1 Å². The Morgan fingerprint density at radius 3 is 1.30 bits per heavy atom. The number of hydrogen-bond donors (Lipinski definition) is 2. The number of hydrogen-bond acceptors (Lipinski definition) is 12. The van der Waals surface area contributed by atoms with E-state index in [0.717, 1.165) is 0 Å². The molecule has 2 heterocycles. The first-order valence-corrected chi connectivity index (χ1v) is 10.7. The predicted octanol–water partition coefficient (Wildman–Crippen LogP) is -3.29. The van der Waals surface area contributed by atoms with Crippen molar-refractivity contribution >= 4 is 55.8 Å². The lowest BCUT2D eigenvalue weighted by Crippen LogP contribution is -2.37. The molecule has 2 saturated heterocycles. The topological polar surface area (TPSA) is 236 Å². The van der Waals surface area contributed by atoms with Crippen molar-refractivity contribution < 1.29 is 64.4 Å². The Balaban J connectivity index is 1.89. The van der Waals surface area contributed by atoms with E-state index >= 15 is 0 Å². The van der Waals surface area contributed by atoms with Crippen molar-refractivity contribution in [3.63, 3.8) is 0 Å². The van der Waals surface area contributed by atoms with Crippen molar-refractivity contribution in [1.82, 2.24) is 10.1 Å². The molecule has 30 heavy (non-hydrogen) atoms. The number of nitrogens with zero attached hydrogens (tertiary/aromatic N) is 2.